The van der Waals surface area contributed by atoms with Crippen LogP contribution in [-0.2, 0) is 20.7 Å². The van der Waals surface area contributed by atoms with Crippen molar-refractivity contribution in [2.24, 2.45) is 0 Å². The molecule has 4 rings (SSSR count). The Bertz CT molecular complexity index is 920. The zero-order valence-electron chi connectivity index (χ0n) is 16.0. The minimum atomic E-state index is -1.29. The number of piperazine rings is 1. The highest BCUT2D eigenvalue weighted by atomic mass is 32.2. The van der Waals surface area contributed by atoms with Gasteiger partial charge in [-0.2, -0.15) is 0 Å². The molecular formula is C20H22N2O5S2. The highest BCUT2D eigenvalue weighted by molar-refractivity contribution is 8.01. The molecule has 1 aromatic carbocycles. The van der Waals surface area contributed by atoms with E-state index in [9.17, 15) is 19.8 Å². The van der Waals surface area contributed by atoms with Gasteiger partial charge in [0.05, 0.1) is 24.7 Å². The molecule has 0 aliphatic carbocycles. The fourth-order valence-corrected chi connectivity index (χ4v) is 5.94. The molecule has 3 heterocycles. The number of carbonyl (C=O) groups is 2. The molecule has 2 amide bonds. The van der Waals surface area contributed by atoms with Gasteiger partial charge in [-0.05, 0) is 35.8 Å². The number of ether oxygens (including phenoxy) is 1. The molecule has 0 saturated carbocycles. The molecule has 0 aromatic heterocycles. The topological polar surface area (TPSA) is 99.1 Å². The summed E-state index contributed by atoms with van der Waals surface area (Å²) in [5.74, 6) is -0.526. The highest BCUT2D eigenvalue weighted by Crippen LogP contribution is 2.51. The van der Waals surface area contributed by atoms with E-state index in [1.165, 1.54) is 47.0 Å². The molecule has 2 saturated heterocycles. The highest BCUT2D eigenvalue weighted by Gasteiger charge is 2.65. The number of benzene rings is 1. The van der Waals surface area contributed by atoms with Crippen LogP contribution in [-0.4, -0.2) is 61.3 Å². The Morgan fingerprint density at radius 2 is 2.03 bits per heavy atom. The SMILES string of the molecule is CS[C@@]1(Cc2ccccc2O)NC(=O)[C@]2(SC)CC3=COC=C[C@H](O)[C@H]3N2C1=O. The third-order valence-electron chi connectivity index (χ3n) is 5.74. The Hall–Kier alpha value is -2.10. The summed E-state index contributed by atoms with van der Waals surface area (Å²) < 4.78 is 5.31. The summed E-state index contributed by atoms with van der Waals surface area (Å²) in [6.45, 7) is 0. The van der Waals surface area contributed by atoms with Crippen LogP contribution in [0.15, 0.2) is 48.4 Å². The van der Waals surface area contributed by atoms with Crippen LogP contribution in [0.3, 0.4) is 0 Å². The average molecular weight is 435 g/mol. The zero-order chi connectivity index (χ0) is 20.8. The molecule has 1 aromatic rings. The first kappa shape index (κ1) is 20.2. The quantitative estimate of drug-likeness (QED) is 0.662. The summed E-state index contributed by atoms with van der Waals surface area (Å²) in [6.07, 6.45) is 7.32. The van der Waals surface area contributed by atoms with Gasteiger partial charge < -0.3 is 25.2 Å². The lowest BCUT2D eigenvalue weighted by atomic mass is 9.98. The van der Waals surface area contributed by atoms with E-state index in [0.717, 1.165) is 0 Å². The first-order chi connectivity index (χ1) is 13.9. The number of hydrogen-bond donors (Lipinski definition) is 3. The van der Waals surface area contributed by atoms with E-state index in [0.29, 0.717) is 11.1 Å². The van der Waals surface area contributed by atoms with Gasteiger partial charge in [0.25, 0.3) is 11.8 Å². The average Bonchev–Trinajstić information content (AvgIpc) is 2.97. The number of aliphatic hydroxyl groups is 1. The third-order valence-corrected chi connectivity index (χ3v) is 8.06. The molecule has 3 aliphatic heterocycles. The summed E-state index contributed by atoms with van der Waals surface area (Å²) in [6, 6.07) is 6.08. The van der Waals surface area contributed by atoms with E-state index in [-0.39, 0.29) is 30.4 Å². The fraction of sp³-hybridized carbons (Fsp3) is 0.400. The van der Waals surface area contributed by atoms with E-state index < -0.39 is 21.9 Å². The number of amides is 2. The maximum atomic E-state index is 13.9. The molecule has 4 atom stereocenters. The molecule has 0 spiro atoms. The summed E-state index contributed by atoms with van der Waals surface area (Å²) in [5.41, 5.74) is 1.26. The molecule has 9 heteroatoms. The second kappa shape index (κ2) is 7.30. The lowest BCUT2D eigenvalue weighted by Crippen LogP contribution is -2.74. The molecular weight excluding hydrogens is 412 g/mol. The molecule has 0 radical (unpaired) electrons. The minimum absolute atomic E-state index is 0.0671. The molecule has 0 bridgehead atoms. The van der Waals surface area contributed by atoms with E-state index in [2.05, 4.69) is 5.32 Å². The Kier molecular flexibility index (Phi) is 5.08. The standard InChI is InChI=1S/C20H22N2O5S2/c1-28-19(9-12-5-3-4-6-14(12)23)18(26)22-16-13(11-27-8-7-15(16)24)10-20(22,29-2)17(25)21-19/h3-8,11,15-16,23-24H,9-10H2,1-2H3,(H,21,25)/t15-,16-,19+,20+/m0/s1. The second-order valence-electron chi connectivity index (χ2n) is 7.22. The number of phenolic OH excluding ortho intramolecular Hbond substituents is 1. The van der Waals surface area contributed by atoms with E-state index in [4.69, 9.17) is 4.74 Å². The number of aliphatic hydroxyl groups excluding tert-OH is 1. The molecule has 7 nitrogen and oxygen atoms in total. The van der Waals surface area contributed by atoms with Crippen LogP contribution in [0.5, 0.6) is 5.75 Å². The number of carbonyl (C=O) groups excluding carboxylic acids is 2. The number of aromatic hydroxyl groups is 1. The largest absolute Gasteiger partial charge is 0.508 e. The van der Waals surface area contributed by atoms with Crippen LogP contribution < -0.4 is 5.32 Å². The van der Waals surface area contributed by atoms with Crippen LogP contribution in [0, 0.1) is 0 Å². The summed E-state index contributed by atoms with van der Waals surface area (Å²) in [5, 5.41) is 23.9. The second-order valence-corrected chi connectivity index (χ2v) is 9.41. The lowest BCUT2D eigenvalue weighted by Gasteiger charge is -2.50. The van der Waals surface area contributed by atoms with Crippen LogP contribution >= 0.6 is 23.5 Å². The number of thioether (sulfide) groups is 2. The normalized spacial score (nSPS) is 33.3. The van der Waals surface area contributed by atoms with Gasteiger partial charge in [-0.3, -0.25) is 9.59 Å². The van der Waals surface area contributed by atoms with Crippen molar-refractivity contribution in [3.05, 3.63) is 54.0 Å². The zero-order valence-corrected chi connectivity index (χ0v) is 17.6. The Morgan fingerprint density at radius 3 is 2.72 bits per heavy atom. The van der Waals surface area contributed by atoms with Gasteiger partial charge in [-0.15, -0.1) is 23.5 Å². The number of fused-ring (bicyclic) bond motifs is 3. The van der Waals surface area contributed by atoms with Gasteiger partial charge in [0.1, 0.15) is 5.75 Å². The maximum absolute atomic E-state index is 13.9. The first-order valence-corrected chi connectivity index (χ1v) is 11.6. The molecule has 3 N–H and O–H groups in total. The number of phenols is 1. The first-order valence-electron chi connectivity index (χ1n) is 9.11. The summed E-state index contributed by atoms with van der Waals surface area (Å²) >= 11 is 2.49. The minimum Gasteiger partial charge on any atom is -0.508 e. The predicted octanol–water partition coefficient (Wildman–Crippen LogP) is 1.57. The molecule has 29 heavy (non-hydrogen) atoms. The predicted molar refractivity (Wildman–Crippen MR) is 112 cm³/mol. The van der Waals surface area contributed by atoms with E-state index >= 15 is 0 Å². The molecule has 2 fully saturated rings. The number of rotatable bonds is 4. The third kappa shape index (κ3) is 2.94. The van der Waals surface area contributed by atoms with Crippen LogP contribution in [0.25, 0.3) is 0 Å². The van der Waals surface area contributed by atoms with Gasteiger partial charge in [-0.1, -0.05) is 18.2 Å². The van der Waals surface area contributed by atoms with Gasteiger partial charge in [0.15, 0.2) is 9.74 Å². The number of nitrogens with zero attached hydrogens (tertiary/aromatic N) is 1. The molecule has 0 unspecified atom stereocenters. The van der Waals surface area contributed by atoms with Crippen molar-refractivity contribution in [2.45, 2.75) is 34.7 Å². The maximum Gasteiger partial charge on any atom is 0.261 e. The van der Waals surface area contributed by atoms with Crippen molar-refractivity contribution in [3.8, 4) is 5.75 Å². The van der Waals surface area contributed by atoms with Gasteiger partial charge in [0.2, 0.25) is 0 Å². The number of hydrogen-bond acceptors (Lipinski definition) is 7. The van der Waals surface area contributed by atoms with Gasteiger partial charge in [-0.25, -0.2) is 0 Å². The molecule has 3 aliphatic rings. The van der Waals surface area contributed by atoms with Crippen LogP contribution in [0.2, 0.25) is 0 Å². The number of nitrogens with one attached hydrogen (secondary N) is 1. The van der Waals surface area contributed by atoms with Crippen LogP contribution in [0.4, 0.5) is 0 Å². The van der Waals surface area contributed by atoms with Crippen molar-refractivity contribution in [3.63, 3.8) is 0 Å². The van der Waals surface area contributed by atoms with Crippen molar-refractivity contribution in [1.82, 2.24) is 10.2 Å². The Morgan fingerprint density at radius 1 is 1.28 bits per heavy atom. The van der Waals surface area contributed by atoms with Gasteiger partial charge in [0, 0.05) is 12.8 Å². The van der Waals surface area contributed by atoms with Crippen molar-refractivity contribution >= 4 is 35.3 Å². The van der Waals surface area contributed by atoms with Crippen molar-refractivity contribution < 1.29 is 24.5 Å². The van der Waals surface area contributed by atoms with E-state index in [1.54, 1.807) is 36.8 Å². The van der Waals surface area contributed by atoms with E-state index in [1.807, 2.05) is 0 Å². The molecule has 154 valence electrons. The summed E-state index contributed by atoms with van der Waals surface area (Å²) in [7, 11) is 0. The lowest BCUT2D eigenvalue weighted by molar-refractivity contribution is -0.153. The van der Waals surface area contributed by atoms with Crippen molar-refractivity contribution in [1.29, 1.82) is 0 Å². The van der Waals surface area contributed by atoms with Crippen molar-refractivity contribution in [2.75, 3.05) is 12.5 Å². The monoisotopic (exact) mass is 434 g/mol. The smallest absolute Gasteiger partial charge is 0.261 e. The summed E-state index contributed by atoms with van der Waals surface area (Å²) in [4.78, 5) is 26.4. The van der Waals surface area contributed by atoms with Crippen LogP contribution in [0.1, 0.15) is 12.0 Å². The Labute approximate surface area is 177 Å². The Balaban J connectivity index is 1.81. The van der Waals surface area contributed by atoms with Gasteiger partial charge >= 0.3 is 0 Å². The number of para-hydroxylation sites is 1. The fourth-order valence-electron chi connectivity index (χ4n) is 4.23.